The van der Waals surface area contributed by atoms with Gasteiger partial charge in [0.1, 0.15) is 5.82 Å². The number of hydrogen-bond donors (Lipinski definition) is 1. The molecule has 0 aliphatic rings. The molecule has 2 aromatic rings. The number of carbonyl (C=O) groups excluding carboxylic acids is 1. The number of nitrogens with one attached hydrogen (secondary N) is 1. The fourth-order valence-electron chi connectivity index (χ4n) is 2.27. The second-order valence-corrected chi connectivity index (χ2v) is 5.50. The molecule has 2 aromatic carbocycles. The molecule has 0 aliphatic carbocycles. The Morgan fingerprint density at radius 1 is 1.09 bits per heavy atom. The van der Waals surface area contributed by atoms with Crippen molar-refractivity contribution in [3.8, 4) is 0 Å². The quantitative estimate of drug-likeness (QED) is 0.889. The molecule has 1 N–H and O–H groups in total. The summed E-state index contributed by atoms with van der Waals surface area (Å²) >= 11 is 0. The Balaban J connectivity index is 1.97. The standard InChI is InChI=1S/C18H21FN2O/c1-21(2)15(12-14-8-4-3-5-9-14)13-20-18(22)16-10-6-7-11-17(16)19/h3-11,15H,12-13H2,1-2H3,(H,20,22). The summed E-state index contributed by atoms with van der Waals surface area (Å²) in [4.78, 5) is 14.1. The van der Waals surface area contributed by atoms with Crippen LogP contribution in [0.1, 0.15) is 15.9 Å². The molecule has 0 fully saturated rings. The second kappa shape index (κ2) is 7.71. The van der Waals surface area contributed by atoms with Gasteiger partial charge in [-0.3, -0.25) is 4.79 Å². The van der Waals surface area contributed by atoms with Crippen LogP contribution in [0, 0.1) is 5.82 Å². The highest BCUT2D eigenvalue weighted by Crippen LogP contribution is 2.08. The molecule has 1 amide bonds. The van der Waals surface area contributed by atoms with Crippen LogP contribution >= 0.6 is 0 Å². The molecule has 4 heteroatoms. The molecule has 0 spiro atoms. The molecule has 1 unspecified atom stereocenters. The van der Waals surface area contributed by atoms with E-state index in [1.165, 1.54) is 17.7 Å². The van der Waals surface area contributed by atoms with Gasteiger partial charge in [-0.05, 0) is 38.2 Å². The van der Waals surface area contributed by atoms with Crippen LogP contribution in [0.4, 0.5) is 4.39 Å². The fourth-order valence-corrected chi connectivity index (χ4v) is 2.27. The summed E-state index contributed by atoms with van der Waals surface area (Å²) in [6, 6.07) is 16.3. The predicted molar refractivity (Wildman–Crippen MR) is 86.4 cm³/mol. The Kier molecular flexibility index (Phi) is 5.67. The lowest BCUT2D eigenvalue weighted by atomic mass is 10.0. The normalized spacial score (nSPS) is 12.2. The van der Waals surface area contributed by atoms with Crippen LogP contribution in [0.15, 0.2) is 54.6 Å². The molecule has 22 heavy (non-hydrogen) atoms. The van der Waals surface area contributed by atoms with E-state index in [2.05, 4.69) is 22.3 Å². The summed E-state index contributed by atoms with van der Waals surface area (Å²) in [7, 11) is 3.95. The summed E-state index contributed by atoms with van der Waals surface area (Å²) in [6.07, 6.45) is 0.825. The van der Waals surface area contributed by atoms with Gasteiger partial charge in [-0.2, -0.15) is 0 Å². The second-order valence-electron chi connectivity index (χ2n) is 5.50. The number of likely N-dealkylation sites (N-methyl/N-ethyl adjacent to an activating group) is 1. The van der Waals surface area contributed by atoms with Crippen molar-refractivity contribution < 1.29 is 9.18 Å². The highest BCUT2D eigenvalue weighted by molar-refractivity contribution is 5.94. The molecule has 1 atom stereocenters. The van der Waals surface area contributed by atoms with Gasteiger partial charge in [0.2, 0.25) is 0 Å². The molecule has 0 saturated heterocycles. The highest BCUT2D eigenvalue weighted by atomic mass is 19.1. The number of nitrogens with zero attached hydrogens (tertiary/aromatic N) is 1. The maximum absolute atomic E-state index is 13.6. The first-order valence-electron chi connectivity index (χ1n) is 7.31. The fraction of sp³-hybridized carbons (Fsp3) is 0.278. The van der Waals surface area contributed by atoms with Crippen molar-refractivity contribution >= 4 is 5.91 Å². The van der Waals surface area contributed by atoms with Crippen LogP contribution in [-0.2, 0) is 6.42 Å². The Bertz CT molecular complexity index is 613. The molecule has 3 nitrogen and oxygen atoms in total. The molecule has 0 saturated carbocycles. The minimum Gasteiger partial charge on any atom is -0.350 e. The first-order valence-corrected chi connectivity index (χ1v) is 7.31. The SMILES string of the molecule is CN(C)C(CNC(=O)c1ccccc1F)Cc1ccccc1. The molecular formula is C18H21FN2O. The minimum absolute atomic E-state index is 0.0831. The smallest absolute Gasteiger partial charge is 0.254 e. The number of amides is 1. The third kappa shape index (κ3) is 4.40. The van der Waals surface area contributed by atoms with Gasteiger partial charge >= 0.3 is 0 Å². The van der Waals surface area contributed by atoms with Crippen LogP contribution in [0.5, 0.6) is 0 Å². The zero-order chi connectivity index (χ0) is 15.9. The van der Waals surface area contributed by atoms with Crippen molar-refractivity contribution in [3.63, 3.8) is 0 Å². The van der Waals surface area contributed by atoms with E-state index in [-0.39, 0.29) is 17.5 Å². The van der Waals surface area contributed by atoms with Crippen molar-refractivity contribution in [3.05, 3.63) is 71.5 Å². The van der Waals surface area contributed by atoms with E-state index in [1.807, 2.05) is 32.3 Å². The van der Waals surface area contributed by atoms with E-state index >= 15 is 0 Å². The van der Waals surface area contributed by atoms with Crippen LogP contribution in [0.25, 0.3) is 0 Å². The van der Waals surface area contributed by atoms with Gasteiger partial charge in [0.05, 0.1) is 5.56 Å². The largest absolute Gasteiger partial charge is 0.350 e. The topological polar surface area (TPSA) is 32.3 Å². The average Bonchev–Trinajstić information content (AvgIpc) is 2.52. The van der Waals surface area contributed by atoms with Crippen molar-refractivity contribution in [2.24, 2.45) is 0 Å². The first-order chi connectivity index (χ1) is 10.6. The Morgan fingerprint density at radius 2 is 1.73 bits per heavy atom. The Morgan fingerprint density at radius 3 is 2.36 bits per heavy atom. The highest BCUT2D eigenvalue weighted by Gasteiger charge is 2.16. The Hall–Kier alpha value is -2.20. The number of benzene rings is 2. The molecule has 116 valence electrons. The van der Waals surface area contributed by atoms with Gasteiger partial charge in [-0.1, -0.05) is 42.5 Å². The van der Waals surface area contributed by atoms with Gasteiger partial charge < -0.3 is 10.2 Å². The number of carbonyl (C=O) groups is 1. The number of rotatable bonds is 6. The van der Waals surface area contributed by atoms with Crippen LogP contribution in [0.3, 0.4) is 0 Å². The van der Waals surface area contributed by atoms with Gasteiger partial charge in [0.15, 0.2) is 0 Å². The summed E-state index contributed by atoms with van der Waals surface area (Å²) in [6.45, 7) is 0.467. The van der Waals surface area contributed by atoms with Crippen LogP contribution < -0.4 is 5.32 Å². The molecule has 0 bridgehead atoms. The zero-order valence-electron chi connectivity index (χ0n) is 12.9. The summed E-state index contributed by atoms with van der Waals surface area (Å²) in [5, 5.41) is 2.82. The van der Waals surface area contributed by atoms with E-state index in [0.717, 1.165) is 6.42 Å². The van der Waals surface area contributed by atoms with Crippen molar-refractivity contribution in [1.82, 2.24) is 10.2 Å². The Labute approximate surface area is 130 Å². The van der Waals surface area contributed by atoms with E-state index in [1.54, 1.807) is 12.1 Å². The lowest BCUT2D eigenvalue weighted by Gasteiger charge is -2.24. The molecule has 0 heterocycles. The van der Waals surface area contributed by atoms with Crippen LogP contribution in [-0.4, -0.2) is 37.5 Å². The molecule has 0 radical (unpaired) electrons. The van der Waals surface area contributed by atoms with Crippen molar-refractivity contribution in [1.29, 1.82) is 0 Å². The summed E-state index contributed by atoms with van der Waals surface area (Å²) < 4.78 is 13.6. The minimum atomic E-state index is -0.496. The van der Waals surface area contributed by atoms with E-state index < -0.39 is 5.82 Å². The van der Waals surface area contributed by atoms with Gasteiger partial charge in [-0.25, -0.2) is 4.39 Å². The maximum Gasteiger partial charge on any atom is 0.254 e. The predicted octanol–water partition coefficient (Wildman–Crippen LogP) is 2.73. The average molecular weight is 300 g/mol. The van der Waals surface area contributed by atoms with E-state index in [0.29, 0.717) is 6.54 Å². The van der Waals surface area contributed by atoms with Crippen molar-refractivity contribution in [2.45, 2.75) is 12.5 Å². The number of halogens is 1. The van der Waals surface area contributed by atoms with Gasteiger partial charge in [0, 0.05) is 12.6 Å². The summed E-state index contributed by atoms with van der Waals surface area (Å²) in [5.41, 5.74) is 1.29. The van der Waals surface area contributed by atoms with E-state index in [9.17, 15) is 9.18 Å². The number of hydrogen-bond acceptors (Lipinski definition) is 2. The molecular weight excluding hydrogens is 279 g/mol. The van der Waals surface area contributed by atoms with E-state index in [4.69, 9.17) is 0 Å². The molecule has 2 rings (SSSR count). The van der Waals surface area contributed by atoms with Crippen molar-refractivity contribution in [2.75, 3.05) is 20.6 Å². The third-order valence-electron chi connectivity index (χ3n) is 3.66. The lowest BCUT2D eigenvalue weighted by molar-refractivity contribution is 0.0937. The molecule has 0 aromatic heterocycles. The monoisotopic (exact) mass is 300 g/mol. The summed E-state index contributed by atoms with van der Waals surface area (Å²) in [5.74, 6) is -0.873. The molecule has 0 aliphatic heterocycles. The van der Waals surface area contributed by atoms with Crippen LogP contribution in [0.2, 0.25) is 0 Å². The maximum atomic E-state index is 13.6. The van der Waals surface area contributed by atoms with Gasteiger partial charge in [0.25, 0.3) is 5.91 Å². The zero-order valence-corrected chi connectivity index (χ0v) is 12.9. The van der Waals surface area contributed by atoms with Gasteiger partial charge in [-0.15, -0.1) is 0 Å². The third-order valence-corrected chi connectivity index (χ3v) is 3.66. The first kappa shape index (κ1) is 16.2. The lowest BCUT2D eigenvalue weighted by Crippen LogP contribution is -2.41.